The zero-order chi connectivity index (χ0) is 22.2. The molecule has 2 N–H and O–H groups in total. The number of guanidine groups is 1. The van der Waals surface area contributed by atoms with Crippen molar-refractivity contribution in [3.8, 4) is 11.6 Å². The molecule has 0 bridgehead atoms. The molecule has 3 aromatic rings. The van der Waals surface area contributed by atoms with Crippen LogP contribution in [-0.4, -0.2) is 33.7 Å². The molecule has 2 heterocycles. The average molecular weight is 577 g/mol. The number of hydrogen-bond donors (Lipinski definition) is 2. The van der Waals surface area contributed by atoms with Crippen LogP contribution in [0.25, 0.3) is 5.82 Å². The third kappa shape index (κ3) is 7.30. The van der Waals surface area contributed by atoms with Crippen LogP contribution >= 0.6 is 35.6 Å². The highest BCUT2D eigenvalue weighted by Gasteiger charge is 2.11. The second-order valence-corrected chi connectivity index (χ2v) is 6.98. The molecule has 0 amide bonds. The van der Waals surface area contributed by atoms with E-state index in [0.717, 1.165) is 17.2 Å². The fourth-order valence-electron chi connectivity index (χ4n) is 2.86. The van der Waals surface area contributed by atoms with Gasteiger partial charge in [0.1, 0.15) is 17.4 Å². The zero-order valence-electron chi connectivity index (χ0n) is 17.6. The van der Waals surface area contributed by atoms with Gasteiger partial charge in [0.15, 0.2) is 5.96 Å². The number of ether oxygens (including phenoxy) is 1. The number of nitrogens with zero attached hydrogens (tertiary/aromatic N) is 4. The first-order valence-corrected chi connectivity index (χ1v) is 10.0. The Bertz CT molecular complexity index is 1030. The number of hydrogen-bond acceptors (Lipinski definition) is 4. The highest BCUT2D eigenvalue weighted by Crippen LogP contribution is 2.24. The second kappa shape index (κ2) is 12.5. The fraction of sp³-hybridized carbons (Fsp3) is 0.286. The van der Waals surface area contributed by atoms with E-state index in [0.29, 0.717) is 29.6 Å². The molecule has 1 aromatic carbocycles. The summed E-state index contributed by atoms with van der Waals surface area (Å²) in [5.74, 6) is 2.23. The lowest BCUT2D eigenvalue weighted by Gasteiger charge is -2.14. The quantitative estimate of drug-likeness (QED) is 0.231. The van der Waals surface area contributed by atoms with E-state index in [1.165, 1.54) is 12.1 Å². The van der Waals surface area contributed by atoms with Crippen molar-refractivity contribution in [2.24, 2.45) is 4.99 Å². The van der Waals surface area contributed by atoms with Gasteiger partial charge in [0.25, 0.3) is 0 Å². The van der Waals surface area contributed by atoms with Crippen molar-refractivity contribution >= 4 is 41.5 Å². The van der Waals surface area contributed by atoms with Gasteiger partial charge in [-0.3, -0.25) is 4.57 Å². The largest absolute Gasteiger partial charge is 0.434 e. The van der Waals surface area contributed by atoms with Crippen LogP contribution in [0.1, 0.15) is 23.9 Å². The predicted octanol–water partition coefficient (Wildman–Crippen LogP) is 4.70. The summed E-state index contributed by atoms with van der Waals surface area (Å²) in [7, 11) is 0. The number of imidazole rings is 1. The van der Waals surface area contributed by atoms with E-state index in [9.17, 15) is 8.78 Å². The third-order valence-electron chi connectivity index (χ3n) is 4.33. The first-order valence-electron chi connectivity index (χ1n) is 9.67. The molecular formula is C21H24ClF2IN6O. The second-order valence-electron chi connectivity index (χ2n) is 6.55. The van der Waals surface area contributed by atoms with E-state index < -0.39 is 6.61 Å². The van der Waals surface area contributed by atoms with Crippen molar-refractivity contribution in [1.82, 2.24) is 25.2 Å². The zero-order valence-corrected chi connectivity index (χ0v) is 20.6. The van der Waals surface area contributed by atoms with E-state index in [4.69, 9.17) is 11.6 Å². The Hall–Kier alpha value is -2.47. The van der Waals surface area contributed by atoms with Crippen LogP contribution in [-0.2, 0) is 13.1 Å². The number of rotatable bonds is 8. The van der Waals surface area contributed by atoms with Crippen LogP contribution in [0.3, 0.4) is 0 Å². The lowest BCUT2D eigenvalue weighted by molar-refractivity contribution is -0.0504. The van der Waals surface area contributed by atoms with E-state index in [-0.39, 0.29) is 36.3 Å². The Kier molecular flexibility index (Phi) is 10.1. The fourth-order valence-corrected chi connectivity index (χ4v) is 3.06. The Balaban J connectivity index is 0.00000363. The average Bonchev–Trinajstić information content (AvgIpc) is 3.17. The van der Waals surface area contributed by atoms with Gasteiger partial charge < -0.3 is 15.4 Å². The predicted molar refractivity (Wildman–Crippen MR) is 131 cm³/mol. The summed E-state index contributed by atoms with van der Waals surface area (Å²) in [5.41, 5.74) is 1.42. The molecule has 2 aromatic heterocycles. The number of aryl methyl sites for hydroxylation is 1. The van der Waals surface area contributed by atoms with Gasteiger partial charge in [-0.25, -0.2) is 15.0 Å². The molecule has 3 rings (SSSR count). The van der Waals surface area contributed by atoms with E-state index in [1.54, 1.807) is 18.5 Å². The van der Waals surface area contributed by atoms with Crippen LogP contribution in [0, 0.1) is 6.92 Å². The Labute approximate surface area is 207 Å². The number of benzene rings is 1. The van der Waals surface area contributed by atoms with Gasteiger partial charge in [-0.2, -0.15) is 8.78 Å². The minimum atomic E-state index is -2.91. The van der Waals surface area contributed by atoms with Gasteiger partial charge in [-0.15, -0.1) is 24.0 Å². The maximum Gasteiger partial charge on any atom is 0.387 e. The third-order valence-corrected chi connectivity index (χ3v) is 4.57. The summed E-state index contributed by atoms with van der Waals surface area (Å²) < 4.78 is 31.8. The molecule has 0 fully saturated rings. The molecule has 172 valence electrons. The van der Waals surface area contributed by atoms with Crippen molar-refractivity contribution < 1.29 is 13.5 Å². The Morgan fingerprint density at radius 1 is 1.22 bits per heavy atom. The number of aliphatic imine (C=N–C) groups is 1. The van der Waals surface area contributed by atoms with E-state index in [2.05, 4.69) is 30.3 Å². The number of halogens is 4. The first kappa shape index (κ1) is 25.8. The van der Waals surface area contributed by atoms with Crippen LogP contribution in [0.15, 0.2) is 53.9 Å². The summed E-state index contributed by atoms with van der Waals surface area (Å²) in [4.78, 5) is 13.2. The Morgan fingerprint density at radius 2 is 2.03 bits per heavy atom. The molecule has 0 radical (unpaired) electrons. The summed E-state index contributed by atoms with van der Waals surface area (Å²) in [6, 6.07) is 8.35. The van der Waals surface area contributed by atoms with Gasteiger partial charge in [-0.1, -0.05) is 17.7 Å². The maximum absolute atomic E-state index is 12.6. The van der Waals surface area contributed by atoms with Gasteiger partial charge in [0.05, 0.1) is 6.54 Å². The van der Waals surface area contributed by atoms with E-state index >= 15 is 0 Å². The molecule has 0 aliphatic rings. The molecule has 0 saturated carbocycles. The molecule has 32 heavy (non-hydrogen) atoms. The minimum absolute atomic E-state index is 0. The molecule has 7 nitrogen and oxygen atoms in total. The number of aromatic nitrogens is 3. The minimum Gasteiger partial charge on any atom is -0.434 e. The number of pyridine rings is 1. The molecule has 11 heteroatoms. The van der Waals surface area contributed by atoms with Crippen LogP contribution < -0.4 is 15.4 Å². The van der Waals surface area contributed by atoms with Gasteiger partial charge in [-0.05, 0) is 43.7 Å². The Morgan fingerprint density at radius 3 is 2.66 bits per heavy atom. The molecule has 0 saturated heterocycles. The highest BCUT2D eigenvalue weighted by atomic mass is 127. The molecule has 0 atom stereocenters. The van der Waals surface area contributed by atoms with Crippen molar-refractivity contribution in [3.63, 3.8) is 0 Å². The standard InChI is InChI=1S/C21H23ClF2N6O.HI/c1-3-25-21(29-13-16-10-17(22)5-6-18(16)31-20(23)24)28-12-15-4-7-19(27-11-15)30-9-8-26-14(30)2;/h4-11,20H,3,12-13H2,1-2H3,(H2,25,28,29);1H. The van der Waals surface area contributed by atoms with Crippen molar-refractivity contribution in [2.75, 3.05) is 6.54 Å². The molecule has 0 spiro atoms. The van der Waals surface area contributed by atoms with Crippen molar-refractivity contribution in [3.05, 3.63) is 70.9 Å². The lowest BCUT2D eigenvalue weighted by Crippen LogP contribution is -2.36. The molecule has 0 aliphatic heterocycles. The lowest BCUT2D eigenvalue weighted by atomic mass is 10.2. The van der Waals surface area contributed by atoms with Crippen molar-refractivity contribution in [1.29, 1.82) is 0 Å². The monoisotopic (exact) mass is 576 g/mol. The number of alkyl halides is 2. The normalized spacial score (nSPS) is 11.2. The van der Waals surface area contributed by atoms with Gasteiger partial charge >= 0.3 is 6.61 Å². The number of nitrogens with one attached hydrogen (secondary N) is 2. The van der Waals surface area contributed by atoms with Gasteiger partial charge in [0, 0.05) is 42.3 Å². The van der Waals surface area contributed by atoms with Crippen molar-refractivity contribution in [2.45, 2.75) is 33.5 Å². The van der Waals surface area contributed by atoms with Gasteiger partial charge in [0.2, 0.25) is 0 Å². The molecule has 0 aliphatic carbocycles. The summed E-state index contributed by atoms with van der Waals surface area (Å²) in [6.45, 7) is 2.17. The first-order chi connectivity index (χ1) is 15.0. The summed E-state index contributed by atoms with van der Waals surface area (Å²) in [6.07, 6.45) is 5.33. The molecule has 0 unspecified atom stereocenters. The van der Waals surface area contributed by atoms with Crippen LogP contribution in [0.4, 0.5) is 8.78 Å². The van der Waals surface area contributed by atoms with E-state index in [1.807, 2.05) is 36.7 Å². The molecular weight excluding hydrogens is 553 g/mol. The summed E-state index contributed by atoms with van der Waals surface area (Å²) in [5, 5.41) is 6.67. The highest BCUT2D eigenvalue weighted by molar-refractivity contribution is 14.0. The summed E-state index contributed by atoms with van der Waals surface area (Å²) >= 11 is 6.00. The smallest absolute Gasteiger partial charge is 0.387 e. The van der Waals surface area contributed by atoms with Crippen LogP contribution in [0.5, 0.6) is 5.75 Å². The SMILES string of the molecule is CCNC(=NCc1ccc(-n2ccnc2C)nc1)NCc1cc(Cl)ccc1OC(F)F.I. The van der Waals surface area contributed by atoms with Crippen LogP contribution in [0.2, 0.25) is 5.02 Å². The maximum atomic E-state index is 12.6. The topological polar surface area (TPSA) is 76.4 Å².